The van der Waals surface area contributed by atoms with E-state index in [1.165, 1.54) is 21.5 Å². The lowest BCUT2D eigenvalue weighted by atomic mass is 9.84. The van der Waals surface area contributed by atoms with E-state index in [1.807, 2.05) is 18.2 Å². The second-order valence-electron chi connectivity index (χ2n) is 12.2. The predicted octanol–water partition coefficient (Wildman–Crippen LogP) is 10.9. The molecule has 2 heteroatoms. The van der Waals surface area contributed by atoms with Crippen molar-refractivity contribution in [1.29, 1.82) is 0 Å². The second-order valence-corrected chi connectivity index (χ2v) is 12.2. The monoisotopic (exact) mass is 570 g/mol. The van der Waals surface area contributed by atoms with Gasteiger partial charge in [0, 0.05) is 11.1 Å². The fourth-order valence-electron chi connectivity index (χ4n) is 7.64. The predicted molar refractivity (Wildman–Crippen MR) is 182 cm³/mol. The average Bonchev–Trinajstić information content (AvgIpc) is 3.62. The van der Waals surface area contributed by atoms with Crippen LogP contribution in [0.5, 0.6) is 0 Å². The molecule has 0 unspecified atom stereocenters. The van der Waals surface area contributed by atoms with Crippen LogP contribution in [0, 0.1) is 5.92 Å². The summed E-state index contributed by atoms with van der Waals surface area (Å²) in [5.74, 6) is -0.144. The molecule has 0 amide bonds. The molecule has 1 saturated carbocycles. The van der Waals surface area contributed by atoms with E-state index in [0.717, 1.165) is 63.9 Å². The summed E-state index contributed by atoms with van der Waals surface area (Å²) in [4.78, 5) is 14.7. The van der Waals surface area contributed by atoms with Gasteiger partial charge in [0.05, 0.1) is 5.92 Å². The van der Waals surface area contributed by atoms with E-state index in [2.05, 4.69) is 121 Å². The minimum absolute atomic E-state index is 0.137. The Balaban J connectivity index is 1.38. The number of ether oxygens (including phenoxy) is 1. The first-order chi connectivity index (χ1) is 21.8. The summed E-state index contributed by atoms with van der Waals surface area (Å²) in [7, 11) is 0. The SMILES string of the molecule is O=C(OC(c1cc2ccccc2c2ccccc12)c1cc2ccccc2c2ccccc12)[C@@H](c1ccccc1)C1CCCC1. The van der Waals surface area contributed by atoms with Crippen molar-refractivity contribution in [1.82, 2.24) is 0 Å². The van der Waals surface area contributed by atoms with Crippen LogP contribution in [0.25, 0.3) is 43.1 Å². The highest BCUT2D eigenvalue weighted by molar-refractivity contribution is 6.11. The zero-order valence-electron chi connectivity index (χ0n) is 24.7. The van der Waals surface area contributed by atoms with E-state index in [4.69, 9.17) is 4.74 Å². The quantitative estimate of drug-likeness (QED) is 0.147. The summed E-state index contributed by atoms with van der Waals surface area (Å²) >= 11 is 0. The molecule has 7 aromatic carbocycles. The molecule has 214 valence electrons. The van der Waals surface area contributed by atoms with Gasteiger partial charge in [0.2, 0.25) is 0 Å². The van der Waals surface area contributed by atoms with Gasteiger partial charge in [-0.3, -0.25) is 4.79 Å². The Morgan fingerprint density at radius 1 is 0.523 bits per heavy atom. The first kappa shape index (κ1) is 26.7. The molecule has 0 heterocycles. The topological polar surface area (TPSA) is 26.3 Å². The maximum atomic E-state index is 14.7. The van der Waals surface area contributed by atoms with Crippen LogP contribution >= 0.6 is 0 Å². The van der Waals surface area contributed by atoms with Crippen LogP contribution in [0.3, 0.4) is 0 Å². The molecule has 1 aliphatic carbocycles. The molecule has 2 nitrogen and oxygen atoms in total. The molecule has 0 spiro atoms. The number of esters is 1. The highest BCUT2D eigenvalue weighted by Crippen LogP contribution is 2.44. The number of carbonyl (C=O) groups excluding carboxylic acids is 1. The number of rotatable bonds is 6. The smallest absolute Gasteiger partial charge is 0.314 e. The van der Waals surface area contributed by atoms with Crippen LogP contribution in [0.2, 0.25) is 0 Å². The number of benzene rings is 7. The van der Waals surface area contributed by atoms with E-state index < -0.39 is 6.10 Å². The third kappa shape index (κ3) is 4.62. The lowest BCUT2D eigenvalue weighted by molar-refractivity contribution is -0.150. The van der Waals surface area contributed by atoms with Gasteiger partial charge in [-0.1, -0.05) is 140 Å². The van der Waals surface area contributed by atoms with Crippen LogP contribution in [0.1, 0.15) is 54.4 Å². The van der Waals surface area contributed by atoms with Gasteiger partial charge >= 0.3 is 5.97 Å². The van der Waals surface area contributed by atoms with Gasteiger partial charge in [0.15, 0.2) is 6.10 Å². The molecule has 44 heavy (non-hydrogen) atoms. The summed E-state index contributed by atoms with van der Waals surface area (Å²) in [5, 5.41) is 9.24. The van der Waals surface area contributed by atoms with Crippen molar-refractivity contribution in [2.45, 2.75) is 37.7 Å². The van der Waals surface area contributed by atoms with E-state index in [9.17, 15) is 4.79 Å². The summed E-state index contributed by atoms with van der Waals surface area (Å²) < 4.78 is 6.93. The maximum Gasteiger partial charge on any atom is 0.314 e. The zero-order chi connectivity index (χ0) is 29.5. The number of fused-ring (bicyclic) bond motifs is 6. The van der Waals surface area contributed by atoms with Crippen molar-refractivity contribution in [3.63, 3.8) is 0 Å². The van der Waals surface area contributed by atoms with Crippen molar-refractivity contribution in [3.8, 4) is 0 Å². The molecule has 1 fully saturated rings. The highest BCUT2D eigenvalue weighted by Gasteiger charge is 2.36. The van der Waals surface area contributed by atoms with Crippen LogP contribution in [-0.4, -0.2) is 5.97 Å². The van der Waals surface area contributed by atoms with Gasteiger partial charge in [-0.25, -0.2) is 0 Å². The molecular formula is C42H34O2. The Bertz CT molecular complexity index is 2020. The lowest BCUT2D eigenvalue weighted by Gasteiger charge is -2.28. The summed E-state index contributed by atoms with van der Waals surface area (Å²) in [6.45, 7) is 0. The van der Waals surface area contributed by atoms with E-state index in [1.54, 1.807) is 0 Å². The number of hydrogen-bond donors (Lipinski definition) is 0. The first-order valence-electron chi connectivity index (χ1n) is 15.8. The molecule has 0 saturated heterocycles. The molecule has 1 atom stereocenters. The zero-order valence-corrected chi connectivity index (χ0v) is 24.7. The molecule has 0 bridgehead atoms. The van der Waals surface area contributed by atoms with Crippen LogP contribution in [0.15, 0.2) is 140 Å². The minimum Gasteiger partial charge on any atom is -0.452 e. The van der Waals surface area contributed by atoms with Crippen molar-refractivity contribution >= 4 is 49.1 Å². The van der Waals surface area contributed by atoms with Gasteiger partial charge in [-0.2, -0.15) is 0 Å². The van der Waals surface area contributed by atoms with Crippen molar-refractivity contribution in [2.24, 2.45) is 5.92 Å². The Labute approximate surface area is 257 Å². The largest absolute Gasteiger partial charge is 0.452 e. The minimum atomic E-state index is -0.584. The molecule has 1 aliphatic rings. The molecule has 8 rings (SSSR count). The molecule has 0 radical (unpaired) electrons. The summed E-state index contributed by atoms with van der Waals surface area (Å²) in [5.41, 5.74) is 3.09. The Kier molecular flexibility index (Phi) is 6.83. The van der Waals surface area contributed by atoms with E-state index in [-0.39, 0.29) is 17.8 Å². The fraction of sp³-hybridized carbons (Fsp3) is 0.167. The van der Waals surface area contributed by atoms with Gasteiger partial charge in [0.25, 0.3) is 0 Å². The molecule has 0 aliphatic heterocycles. The van der Waals surface area contributed by atoms with Crippen LogP contribution < -0.4 is 0 Å². The fourth-order valence-corrected chi connectivity index (χ4v) is 7.64. The number of hydrogen-bond acceptors (Lipinski definition) is 2. The normalized spacial score (nSPS) is 14.6. The standard InChI is InChI=1S/C42H34O2/c43-42(40(29-16-4-5-17-29)28-14-2-1-3-15-28)44-41(38-26-30-18-6-8-20-32(30)34-22-10-12-24-36(34)38)39-27-31-19-7-9-21-33(31)35-23-11-13-25-37(35)39/h1-3,6-15,18-27,29,40-41H,4-5,16-17H2/t40-/m0/s1. The van der Waals surface area contributed by atoms with Crippen molar-refractivity contribution in [3.05, 3.63) is 156 Å². The maximum absolute atomic E-state index is 14.7. The lowest BCUT2D eigenvalue weighted by Crippen LogP contribution is -2.25. The van der Waals surface area contributed by atoms with Crippen LogP contribution in [0.4, 0.5) is 0 Å². The van der Waals surface area contributed by atoms with Crippen LogP contribution in [-0.2, 0) is 9.53 Å². The Hall–Kier alpha value is -4.95. The highest BCUT2D eigenvalue weighted by atomic mass is 16.5. The van der Waals surface area contributed by atoms with Gasteiger partial charge in [0.1, 0.15) is 0 Å². The first-order valence-corrected chi connectivity index (χ1v) is 15.8. The van der Waals surface area contributed by atoms with Gasteiger partial charge in [-0.05, 0) is 79.5 Å². The molecular weight excluding hydrogens is 536 g/mol. The van der Waals surface area contributed by atoms with Gasteiger partial charge in [-0.15, -0.1) is 0 Å². The Morgan fingerprint density at radius 2 is 0.955 bits per heavy atom. The molecule has 0 aromatic heterocycles. The van der Waals surface area contributed by atoms with E-state index in [0.29, 0.717) is 0 Å². The summed E-state index contributed by atoms with van der Waals surface area (Å²) in [6.07, 6.45) is 3.85. The van der Waals surface area contributed by atoms with Crippen molar-refractivity contribution < 1.29 is 9.53 Å². The van der Waals surface area contributed by atoms with Crippen molar-refractivity contribution in [2.75, 3.05) is 0 Å². The van der Waals surface area contributed by atoms with Gasteiger partial charge < -0.3 is 4.74 Å². The third-order valence-electron chi connectivity index (χ3n) is 9.68. The molecule has 0 N–H and O–H groups in total. The summed E-state index contributed by atoms with van der Waals surface area (Å²) in [6, 6.07) is 48.9. The Morgan fingerprint density at radius 3 is 1.48 bits per heavy atom. The third-order valence-corrected chi connectivity index (χ3v) is 9.68. The average molecular weight is 571 g/mol. The number of carbonyl (C=O) groups is 1. The second kappa shape index (κ2) is 11.3. The van der Waals surface area contributed by atoms with E-state index >= 15 is 0 Å². The molecule has 7 aromatic rings.